The highest BCUT2D eigenvalue weighted by Gasteiger charge is 2.24. The number of hydrogen-bond acceptors (Lipinski definition) is 2. The van der Waals surface area contributed by atoms with E-state index >= 15 is 0 Å². The molecule has 1 saturated carbocycles. The van der Waals surface area contributed by atoms with Crippen LogP contribution in [0.3, 0.4) is 0 Å². The number of rotatable bonds is 6. The van der Waals surface area contributed by atoms with Gasteiger partial charge in [-0.3, -0.25) is 4.79 Å². The Kier molecular flexibility index (Phi) is 6.78. The molecule has 2 aromatic rings. The average molecular weight is 386 g/mol. The number of hydrogen-bond donors (Lipinski definition) is 1. The SMILES string of the molecule is CC(C)Oc1ccc([C@H]2CC[C@H](CC(=O)Nc3ccc(Cl)cc3)CC2)cc1. The summed E-state index contributed by atoms with van der Waals surface area (Å²) >= 11 is 5.88. The summed E-state index contributed by atoms with van der Waals surface area (Å²) in [5.74, 6) is 2.09. The fourth-order valence-corrected chi connectivity index (χ4v) is 3.92. The third-order valence-electron chi connectivity index (χ3n) is 5.17. The number of anilines is 1. The molecule has 0 radical (unpaired) electrons. The van der Waals surface area contributed by atoms with Crippen LogP contribution in [0.25, 0.3) is 0 Å². The van der Waals surface area contributed by atoms with Crippen molar-refractivity contribution in [2.24, 2.45) is 5.92 Å². The molecule has 27 heavy (non-hydrogen) atoms. The van der Waals surface area contributed by atoms with E-state index in [1.54, 1.807) is 12.1 Å². The highest BCUT2D eigenvalue weighted by Crippen LogP contribution is 2.37. The van der Waals surface area contributed by atoms with E-state index in [-0.39, 0.29) is 12.0 Å². The van der Waals surface area contributed by atoms with Crippen LogP contribution in [0.5, 0.6) is 5.75 Å². The smallest absolute Gasteiger partial charge is 0.224 e. The van der Waals surface area contributed by atoms with Gasteiger partial charge in [0.15, 0.2) is 0 Å². The van der Waals surface area contributed by atoms with Gasteiger partial charge in [0.25, 0.3) is 0 Å². The van der Waals surface area contributed by atoms with E-state index in [1.165, 1.54) is 5.56 Å². The topological polar surface area (TPSA) is 38.3 Å². The highest BCUT2D eigenvalue weighted by molar-refractivity contribution is 6.30. The molecule has 1 aliphatic rings. The minimum atomic E-state index is 0.0935. The van der Waals surface area contributed by atoms with Crippen molar-refractivity contribution in [2.75, 3.05) is 5.32 Å². The first kappa shape index (κ1) is 19.8. The van der Waals surface area contributed by atoms with Gasteiger partial charge in [0.05, 0.1) is 6.10 Å². The van der Waals surface area contributed by atoms with E-state index < -0.39 is 0 Å². The lowest BCUT2D eigenvalue weighted by atomic mass is 9.77. The molecule has 0 saturated heterocycles. The van der Waals surface area contributed by atoms with Crippen LogP contribution in [0.2, 0.25) is 5.02 Å². The lowest BCUT2D eigenvalue weighted by Crippen LogP contribution is -2.20. The van der Waals surface area contributed by atoms with E-state index in [4.69, 9.17) is 16.3 Å². The van der Waals surface area contributed by atoms with Gasteiger partial charge in [0.2, 0.25) is 5.91 Å². The third kappa shape index (κ3) is 6.00. The van der Waals surface area contributed by atoms with Crippen LogP contribution in [-0.4, -0.2) is 12.0 Å². The fourth-order valence-electron chi connectivity index (χ4n) is 3.80. The Labute approximate surface area is 167 Å². The Morgan fingerprint density at radius 3 is 2.26 bits per heavy atom. The quantitative estimate of drug-likeness (QED) is 0.622. The molecule has 3 rings (SSSR count). The summed E-state index contributed by atoms with van der Waals surface area (Å²) in [6.07, 6.45) is 5.28. The maximum atomic E-state index is 12.3. The second-order valence-electron chi connectivity index (χ2n) is 7.71. The van der Waals surface area contributed by atoms with E-state index in [0.717, 1.165) is 37.1 Å². The van der Waals surface area contributed by atoms with Gasteiger partial charge in [-0.15, -0.1) is 0 Å². The summed E-state index contributed by atoms with van der Waals surface area (Å²) in [6.45, 7) is 4.08. The zero-order valence-electron chi connectivity index (χ0n) is 16.1. The summed E-state index contributed by atoms with van der Waals surface area (Å²) in [4.78, 5) is 12.3. The first-order chi connectivity index (χ1) is 13.0. The summed E-state index contributed by atoms with van der Waals surface area (Å²) in [5, 5.41) is 3.65. The molecule has 0 aliphatic heterocycles. The predicted molar refractivity (Wildman–Crippen MR) is 112 cm³/mol. The van der Waals surface area contributed by atoms with Gasteiger partial charge in [-0.1, -0.05) is 23.7 Å². The number of benzene rings is 2. The average Bonchev–Trinajstić information content (AvgIpc) is 2.64. The van der Waals surface area contributed by atoms with Crippen LogP contribution < -0.4 is 10.1 Å². The summed E-state index contributed by atoms with van der Waals surface area (Å²) in [7, 11) is 0. The van der Waals surface area contributed by atoms with Crippen molar-refractivity contribution in [3.05, 3.63) is 59.1 Å². The van der Waals surface area contributed by atoms with Crippen LogP contribution >= 0.6 is 11.6 Å². The molecule has 1 N–H and O–H groups in total. The monoisotopic (exact) mass is 385 g/mol. The Balaban J connectivity index is 1.45. The van der Waals surface area contributed by atoms with Crippen molar-refractivity contribution >= 4 is 23.2 Å². The molecule has 4 heteroatoms. The maximum Gasteiger partial charge on any atom is 0.224 e. The Hall–Kier alpha value is -2.00. The van der Waals surface area contributed by atoms with Gasteiger partial charge in [0.1, 0.15) is 5.75 Å². The second kappa shape index (κ2) is 9.27. The van der Waals surface area contributed by atoms with Crippen molar-refractivity contribution in [3.63, 3.8) is 0 Å². The Morgan fingerprint density at radius 2 is 1.67 bits per heavy atom. The van der Waals surface area contributed by atoms with Crippen molar-refractivity contribution in [2.45, 2.75) is 58.0 Å². The lowest BCUT2D eigenvalue weighted by Gasteiger charge is -2.28. The molecule has 0 bridgehead atoms. The fraction of sp³-hybridized carbons (Fsp3) is 0.435. The van der Waals surface area contributed by atoms with Gasteiger partial charge in [-0.05, 0) is 93.3 Å². The molecule has 0 heterocycles. The minimum Gasteiger partial charge on any atom is -0.491 e. The molecular weight excluding hydrogens is 358 g/mol. The van der Waals surface area contributed by atoms with E-state index in [0.29, 0.717) is 23.3 Å². The first-order valence-electron chi connectivity index (χ1n) is 9.81. The molecule has 1 fully saturated rings. The number of nitrogens with one attached hydrogen (secondary N) is 1. The molecular formula is C23H28ClNO2. The molecule has 1 aliphatic carbocycles. The van der Waals surface area contributed by atoms with Crippen molar-refractivity contribution in [3.8, 4) is 5.75 Å². The summed E-state index contributed by atoms with van der Waals surface area (Å²) in [6, 6.07) is 15.8. The maximum absolute atomic E-state index is 12.3. The summed E-state index contributed by atoms with van der Waals surface area (Å²) < 4.78 is 5.72. The van der Waals surface area contributed by atoms with E-state index in [1.807, 2.05) is 26.0 Å². The van der Waals surface area contributed by atoms with Crippen LogP contribution in [0.15, 0.2) is 48.5 Å². The zero-order valence-corrected chi connectivity index (χ0v) is 16.8. The molecule has 0 spiro atoms. The molecule has 0 unspecified atom stereocenters. The number of carbonyl (C=O) groups is 1. The Morgan fingerprint density at radius 1 is 1.04 bits per heavy atom. The van der Waals surface area contributed by atoms with Gasteiger partial charge < -0.3 is 10.1 Å². The van der Waals surface area contributed by atoms with Gasteiger partial charge in [-0.25, -0.2) is 0 Å². The molecule has 1 amide bonds. The largest absolute Gasteiger partial charge is 0.491 e. The number of amides is 1. The van der Waals surface area contributed by atoms with Crippen molar-refractivity contribution < 1.29 is 9.53 Å². The van der Waals surface area contributed by atoms with Crippen molar-refractivity contribution in [1.82, 2.24) is 0 Å². The van der Waals surface area contributed by atoms with Crippen LogP contribution in [-0.2, 0) is 4.79 Å². The van der Waals surface area contributed by atoms with Crippen LogP contribution in [0, 0.1) is 5.92 Å². The highest BCUT2D eigenvalue weighted by atomic mass is 35.5. The zero-order chi connectivity index (χ0) is 19.2. The van der Waals surface area contributed by atoms with E-state index in [2.05, 4.69) is 29.6 Å². The van der Waals surface area contributed by atoms with Crippen LogP contribution in [0.1, 0.15) is 57.4 Å². The normalized spacial score (nSPS) is 19.7. The molecule has 144 valence electrons. The second-order valence-corrected chi connectivity index (χ2v) is 8.15. The molecule has 0 aromatic heterocycles. The summed E-state index contributed by atoms with van der Waals surface area (Å²) in [5.41, 5.74) is 2.19. The van der Waals surface area contributed by atoms with Gasteiger partial charge >= 0.3 is 0 Å². The molecule has 3 nitrogen and oxygen atoms in total. The van der Waals surface area contributed by atoms with Crippen molar-refractivity contribution in [1.29, 1.82) is 0 Å². The van der Waals surface area contributed by atoms with E-state index in [9.17, 15) is 4.79 Å². The van der Waals surface area contributed by atoms with Crippen LogP contribution in [0.4, 0.5) is 5.69 Å². The number of ether oxygens (including phenoxy) is 1. The van der Waals surface area contributed by atoms with Gasteiger partial charge in [-0.2, -0.15) is 0 Å². The molecule has 0 atom stereocenters. The molecule has 2 aromatic carbocycles. The predicted octanol–water partition coefficient (Wildman–Crippen LogP) is 6.43. The number of carbonyl (C=O) groups excluding carboxylic acids is 1. The standard InChI is InChI=1S/C23H28ClNO2/c1-16(2)27-22-13-7-19(8-14-22)18-5-3-17(4-6-18)15-23(26)25-21-11-9-20(24)10-12-21/h7-14,16-18H,3-6,15H2,1-2H3,(H,25,26)/t17-,18-. The third-order valence-corrected chi connectivity index (χ3v) is 5.42. The minimum absolute atomic E-state index is 0.0935. The Bertz CT molecular complexity index is 732. The first-order valence-corrected chi connectivity index (χ1v) is 10.2. The number of halogens is 1. The lowest BCUT2D eigenvalue weighted by molar-refractivity contribution is -0.117. The van der Waals surface area contributed by atoms with Gasteiger partial charge in [0, 0.05) is 17.1 Å².